The van der Waals surface area contributed by atoms with Crippen molar-refractivity contribution < 1.29 is 18.3 Å². The molecule has 0 N–H and O–H groups in total. The molecular formula is C14H18BrF2NO2. The first-order chi connectivity index (χ1) is 9.52. The Hall–Kier alpha value is -1.17. The number of hydrogen-bond acceptors (Lipinski definition) is 2. The van der Waals surface area contributed by atoms with E-state index in [1.807, 2.05) is 25.1 Å². The zero-order valence-electron chi connectivity index (χ0n) is 11.3. The molecule has 0 aliphatic rings. The highest BCUT2D eigenvalue weighted by atomic mass is 79.9. The minimum absolute atomic E-state index is 0.0909. The third-order valence-corrected chi connectivity index (χ3v) is 2.99. The molecule has 0 aliphatic carbocycles. The van der Waals surface area contributed by atoms with E-state index < -0.39 is 13.0 Å². The van der Waals surface area contributed by atoms with E-state index in [1.54, 1.807) is 6.07 Å². The van der Waals surface area contributed by atoms with Crippen LogP contribution in [0.5, 0.6) is 5.75 Å². The molecule has 0 aliphatic heterocycles. The number of aryl methyl sites for hydroxylation is 1. The van der Waals surface area contributed by atoms with Gasteiger partial charge < -0.3 is 9.64 Å². The summed E-state index contributed by atoms with van der Waals surface area (Å²) in [6.07, 6.45) is -2.43. The van der Waals surface area contributed by atoms with E-state index >= 15 is 0 Å². The molecule has 0 heterocycles. The lowest BCUT2D eigenvalue weighted by molar-refractivity contribution is -0.133. The van der Waals surface area contributed by atoms with Crippen LogP contribution in [0, 0.1) is 6.92 Å². The van der Waals surface area contributed by atoms with E-state index in [-0.39, 0.29) is 25.5 Å². The van der Waals surface area contributed by atoms with Crippen LogP contribution in [0.2, 0.25) is 0 Å². The lowest BCUT2D eigenvalue weighted by Gasteiger charge is -2.21. The van der Waals surface area contributed by atoms with Crippen LogP contribution in [0.4, 0.5) is 8.78 Å². The Bertz CT molecular complexity index is 429. The molecule has 1 amide bonds. The number of benzene rings is 1. The van der Waals surface area contributed by atoms with Gasteiger partial charge in [-0.15, -0.1) is 0 Å². The smallest absolute Gasteiger partial charge is 0.255 e. The van der Waals surface area contributed by atoms with Gasteiger partial charge in [-0.25, -0.2) is 8.78 Å². The fourth-order valence-electron chi connectivity index (χ4n) is 1.71. The molecule has 1 aromatic carbocycles. The predicted octanol–water partition coefficient (Wildman–Crippen LogP) is 3.25. The number of ether oxygens (including phenoxy) is 1. The first-order valence-electron chi connectivity index (χ1n) is 6.34. The average Bonchev–Trinajstić information content (AvgIpc) is 2.37. The van der Waals surface area contributed by atoms with Crippen LogP contribution in [-0.2, 0) is 4.79 Å². The summed E-state index contributed by atoms with van der Waals surface area (Å²) >= 11 is 3.15. The summed E-state index contributed by atoms with van der Waals surface area (Å²) in [4.78, 5) is 13.0. The third kappa shape index (κ3) is 6.32. The molecule has 0 spiro atoms. The summed E-state index contributed by atoms with van der Waals surface area (Å²) in [5.41, 5.74) is 1.06. The number of rotatable bonds is 8. The normalized spacial score (nSPS) is 10.7. The molecule has 0 saturated carbocycles. The highest BCUT2D eigenvalue weighted by molar-refractivity contribution is 9.09. The van der Waals surface area contributed by atoms with Gasteiger partial charge in [0.1, 0.15) is 5.75 Å². The van der Waals surface area contributed by atoms with Crippen molar-refractivity contribution in [3.05, 3.63) is 29.8 Å². The second kappa shape index (κ2) is 8.89. The number of nitrogens with zero attached hydrogens (tertiary/aromatic N) is 1. The molecule has 0 unspecified atom stereocenters. The van der Waals surface area contributed by atoms with Crippen molar-refractivity contribution in [3.63, 3.8) is 0 Å². The highest BCUT2D eigenvalue weighted by Gasteiger charge is 2.17. The van der Waals surface area contributed by atoms with Gasteiger partial charge in [0.15, 0.2) is 0 Å². The molecule has 1 aromatic rings. The molecule has 0 bridgehead atoms. The maximum Gasteiger partial charge on any atom is 0.255 e. The molecule has 0 aromatic heterocycles. The summed E-state index contributed by atoms with van der Waals surface area (Å²) in [6.45, 7) is 1.87. The van der Waals surface area contributed by atoms with Crippen molar-refractivity contribution in [2.24, 2.45) is 0 Å². The van der Waals surface area contributed by atoms with Gasteiger partial charge in [0.25, 0.3) is 6.43 Å². The van der Waals surface area contributed by atoms with E-state index in [0.29, 0.717) is 11.1 Å². The maximum atomic E-state index is 12.4. The second-order valence-corrected chi connectivity index (χ2v) is 5.13. The Kier molecular flexibility index (Phi) is 7.51. The molecule has 3 nitrogen and oxygen atoms in total. The van der Waals surface area contributed by atoms with Gasteiger partial charge in [-0.2, -0.15) is 0 Å². The zero-order valence-corrected chi connectivity index (χ0v) is 12.9. The van der Waals surface area contributed by atoms with Gasteiger partial charge in [-0.05, 0) is 24.6 Å². The summed E-state index contributed by atoms with van der Waals surface area (Å²) in [6, 6.07) is 7.46. The van der Waals surface area contributed by atoms with Gasteiger partial charge >= 0.3 is 0 Å². The molecule has 20 heavy (non-hydrogen) atoms. The Morgan fingerprint density at radius 2 is 2.20 bits per heavy atom. The molecule has 1 rings (SSSR count). The lowest BCUT2D eigenvalue weighted by Crippen LogP contribution is -2.37. The van der Waals surface area contributed by atoms with Crippen LogP contribution in [0.15, 0.2) is 24.3 Å². The van der Waals surface area contributed by atoms with Crippen molar-refractivity contribution in [1.29, 1.82) is 0 Å². The maximum absolute atomic E-state index is 12.4. The minimum atomic E-state index is -2.52. The van der Waals surface area contributed by atoms with Gasteiger partial charge in [0, 0.05) is 11.9 Å². The number of alkyl halides is 3. The lowest BCUT2D eigenvalue weighted by atomic mass is 10.2. The minimum Gasteiger partial charge on any atom is -0.493 e. The van der Waals surface area contributed by atoms with E-state index in [0.717, 1.165) is 10.5 Å². The SMILES string of the molecule is Cc1cccc(OCCC(=O)N(CCBr)CC(F)F)c1. The second-order valence-electron chi connectivity index (χ2n) is 4.33. The monoisotopic (exact) mass is 349 g/mol. The molecule has 6 heteroatoms. The number of carbonyl (C=O) groups excluding carboxylic acids is 1. The van der Waals surface area contributed by atoms with Crippen LogP contribution < -0.4 is 4.74 Å². The fraction of sp³-hybridized carbons (Fsp3) is 0.500. The Morgan fingerprint density at radius 3 is 2.80 bits per heavy atom. The summed E-state index contributed by atoms with van der Waals surface area (Å²) in [7, 11) is 0. The van der Waals surface area contributed by atoms with E-state index in [1.165, 1.54) is 0 Å². The topological polar surface area (TPSA) is 29.5 Å². The standard InChI is InChI=1S/C14H18BrF2NO2/c1-11-3-2-4-12(9-11)20-8-5-14(19)18(7-6-15)10-13(16)17/h2-4,9,13H,5-8,10H2,1H3. The largest absolute Gasteiger partial charge is 0.493 e. The first kappa shape index (κ1) is 16.9. The van der Waals surface area contributed by atoms with Crippen LogP contribution >= 0.6 is 15.9 Å². The van der Waals surface area contributed by atoms with Crippen molar-refractivity contribution in [3.8, 4) is 5.75 Å². The predicted molar refractivity (Wildman–Crippen MR) is 77.7 cm³/mol. The average molecular weight is 350 g/mol. The first-order valence-corrected chi connectivity index (χ1v) is 7.46. The molecule has 112 valence electrons. The van der Waals surface area contributed by atoms with Crippen molar-refractivity contribution in [2.45, 2.75) is 19.8 Å². The number of hydrogen-bond donors (Lipinski definition) is 0. The fourth-order valence-corrected chi connectivity index (χ4v) is 2.13. The number of carbonyl (C=O) groups is 1. The molecule has 0 atom stereocenters. The highest BCUT2D eigenvalue weighted by Crippen LogP contribution is 2.12. The summed E-state index contributed by atoms with van der Waals surface area (Å²) < 4.78 is 30.2. The molecular weight excluding hydrogens is 332 g/mol. The van der Waals surface area contributed by atoms with E-state index in [2.05, 4.69) is 15.9 Å². The Balaban J connectivity index is 2.40. The summed E-state index contributed by atoms with van der Waals surface area (Å²) in [5.74, 6) is 0.358. The van der Waals surface area contributed by atoms with Crippen molar-refractivity contribution in [2.75, 3.05) is 25.0 Å². The van der Waals surface area contributed by atoms with E-state index in [4.69, 9.17) is 4.74 Å². The Morgan fingerprint density at radius 1 is 1.45 bits per heavy atom. The molecule has 0 radical (unpaired) electrons. The number of halogens is 3. The molecule has 0 fully saturated rings. The van der Waals surface area contributed by atoms with E-state index in [9.17, 15) is 13.6 Å². The van der Waals surface area contributed by atoms with Gasteiger partial charge in [-0.3, -0.25) is 4.79 Å². The van der Waals surface area contributed by atoms with Crippen molar-refractivity contribution in [1.82, 2.24) is 4.90 Å². The zero-order chi connectivity index (χ0) is 15.0. The number of amides is 1. The van der Waals surface area contributed by atoms with Gasteiger partial charge in [0.2, 0.25) is 5.91 Å². The molecule has 0 saturated heterocycles. The van der Waals surface area contributed by atoms with Gasteiger partial charge in [0.05, 0.1) is 19.6 Å². The van der Waals surface area contributed by atoms with Crippen LogP contribution in [0.25, 0.3) is 0 Å². The van der Waals surface area contributed by atoms with Crippen LogP contribution in [0.3, 0.4) is 0 Å². The Labute approximate surface area is 126 Å². The van der Waals surface area contributed by atoms with Crippen LogP contribution in [0.1, 0.15) is 12.0 Å². The third-order valence-electron chi connectivity index (χ3n) is 2.64. The van der Waals surface area contributed by atoms with Gasteiger partial charge in [-0.1, -0.05) is 28.1 Å². The summed E-state index contributed by atoms with van der Waals surface area (Å²) in [5, 5.41) is 0.476. The quantitative estimate of drug-likeness (QED) is 0.674. The van der Waals surface area contributed by atoms with Crippen molar-refractivity contribution >= 4 is 21.8 Å². The van der Waals surface area contributed by atoms with Crippen LogP contribution in [-0.4, -0.2) is 42.3 Å².